The Morgan fingerprint density at radius 3 is 2.47 bits per heavy atom. The minimum absolute atomic E-state index is 0. The summed E-state index contributed by atoms with van der Waals surface area (Å²) in [5.74, 6) is 0.0906. The lowest BCUT2D eigenvalue weighted by atomic mass is 9.96. The Labute approximate surface area is 98.1 Å². The van der Waals surface area contributed by atoms with Crippen LogP contribution in [0, 0.1) is 5.41 Å². The lowest BCUT2D eigenvalue weighted by molar-refractivity contribution is -0.125. The summed E-state index contributed by atoms with van der Waals surface area (Å²) in [4.78, 5) is 13.4. The molecule has 1 amide bonds. The van der Waals surface area contributed by atoms with Crippen molar-refractivity contribution in [1.82, 2.24) is 4.90 Å². The summed E-state index contributed by atoms with van der Waals surface area (Å²) in [7, 11) is 0. The molecule has 0 aromatic heterocycles. The zero-order chi connectivity index (χ0) is 10.8. The maximum Gasteiger partial charge on any atom is 0.246 e. The topological polar surface area (TPSA) is 46.3 Å². The first kappa shape index (κ1) is 14.5. The number of carbonyl (C=O) groups excluding carboxylic acids is 1. The van der Waals surface area contributed by atoms with Gasteiger partial charge in [-0.15, -0.1) is 12.4 Å². The second-order valence-corrected chi connectivity index (χ2v) is 5.03. The first-order valence-corrected chi connectivity index (χ1v) is 5.12. The molecule has 1 fully saturated rings. The summed E-state index contributed by atoms with van der Waals surface area (Å²) >= 11 is 0. The predicted molar refractivity (Wildman–Crippen MR) is 65.0 cm³/mol. The first-order valence-electron chi connectivity index (χ1n) is 5.12. The number of halogens is 1. The van der Waals surface area contributed by atoms with Crippen LogP contribution >= 0.6 is 12.4 Å². The van der Waals surface area contributed by atoms with Crippen molar-refractivity contribution in [2.24, 2.45) is 11.1 Å². The molecule has 1 rings (SSSR count). The van der Waals surface area contributed by atoms with Gasteiger partial charge in [-0.2, -0.15) is 0 Å². The van der Waals surface area contributed by atoms with Gasteiger partial charge in [-0.1, -0.05) is 26.8 Å². The van der Waals surface area contributed by atoms with E-state index >= 15 is 0 Å². The summed E-state index contributed by atoms with van der Waals surface area (Å²) in [6, 6.07) is 0.169. The van der Waals surface area contributed by atoms with E-state index in [0.29, 0.717) is 6.54 Å². The zero-order valence-corrected chi connectivity index (χ0v) is 10.5. The molecule has 1 atom stereocenters. The highest BCUT2D eigenvalue weighted by atomic mass is 35.5. The normalized spacial score (nSPS) is 21.9. The zero-order valence-electron chi connectivity index (χ0n) is 9.69. The van der Waals surface area contributed by atoms with Crippen LogP contribution < -0.4 is 5.73 Å². The first-order chi connectivity index (χ1) is 6.38. The van der Waals surface area contributed by atoms with Crippen molar-refractivity contribution in [1.29, 1.82) is 0 Å². The van der Waals surface area contributed by atoms with Crippen LogP contribution in [0.1, 0.15) is 27.2 Å². The van der Waals surface area contributed by atoms with Gasteiger partial charge in [-0.05, 0) is 17.9 Å². The van der Waals surface area contributed by atoms with Gasteiger partial charge in [0.15, 0.2) is 0 Å². The monoisotopic (exact) mass is 232 g/mol. The van der Waals surface area contributed by atoms with E-state index in [-0.39, 0.29) is 29.8 Å². The van der Waals surface area contributed by atoms with Crippen molar-refractivity contribution in [3.8, 4) is 0 Å². The number of rotatable bonds is 1. The molecular weight excluding hydrogens is 212 g/mol. The van der Waals surface area contributed by atoms with Crippen molar-refractivity contribution < 1.29 is 4.79 Å². The van der Waals surface area contributed by atoms with Gasteiger partial charge in [-0.3, -0.25) is 4.79 Å². The lowest BCUT2D eigenvalue weighted by Crippen LogP contribution is -2.30. The van der Waals surface area contributed by atoms with Crippen LogP contribution in [0.25, 0.3) is 0 Å². The molecule has 2 N–H and O–H groups in total. The van der Waals surface area contributed by atoms with Crippen LogP contribution in [0.2, 0.25) is 0 Å². The molecule has 0 aromatic carbocycles. The van der Waals surface area contributed by atoms with Crippen LogP contribution in [0.5, 0.6) is 0 Å². The Kier molecular flexibility index (Phi) is 5.32. The van der Waals surface area contributed by atoms with Crippen molar-refractivity contribution in [3.05, 3.63) is 12.2 Å². The minimum atomic E-state index is 0. The number of hydrogen-bond acceptors (Lipinski definition) is 2. The van der Waals surface area contributed by atoms with Gasteiger partial charge < -0.3 is 10.6 Å². The van der Waals surface area contributed by atoms with Crippen molar-refractivity contribution in [2.75, 3.05) is 13.1 Å². The van der Waals surface area contributed by atoms with E-state index in [1.165, 1.54) is 0 Å². The van der Waals surface area contributed by atoms with E-state index in [9.17, 15) is 4.79 Å². The number of allylic oxidation sites excluding steroid dienone is 1. The third kappa shape index (κ3) is 5.19. The van der Waals surface area contributed by atoms with E-state index < -0.39 is 0 Å². The van der Waals surface area contributed by atoms with Gasteiger partial charge in [0.1, 0.15) is 0 Å². The highest BCUT2D eigenvalue weighted by Gasteiger charge is 2.22. The third-order valence-electron chi connectivity index (χ3n) is 2.26. The molecule has 15 heavy (non-hydrogen) atoms. The molecule has 3 nitrogen and oxygen atoms in total. The molecule has 0 unspecified atom stereocenters. The fourth-order valence-electron chi connectivity index (χ4n) is 1.41. The molecule has 1 heterocycles. The lowest BCUT2D eigenvalue weighted by Gasteiger charge is -2.15. The molecule has 0 bridgehead atoms. The average molecular weight is 233 g/mol. The van der Waals surface area contributed by atoms with Crippen LogP contribution in [0.15, 0.2) is 12.2 Å². The second kappa shape index (κ2) is 5.52. The largest absolute Gasteiger partial charge is 0.338 e. The fourth-order valence-corrected chi connectivity index (χ4v) is 1.41. The van der Waals surface area contributed by atoms with Crippen LogP contribution in [-0.2, 0) is 4.79 Å². The molecular formula is C11H21ClN2O. The van der Waals surface area contributed by atoms with Crippen LogP contribution in [0.3, 0.4) is 0 Å². The summed E-state index contributed by atoms with van der Waals surface area (Å²) in [6.45, 7) is 7.73. The second-order valence-electron chi connectivity index (χ2n) is 5.03. The number of likely N-dealkylation sites (tertiary alicyclic amines) is 1. The van der Waals surface area contributed by atoms with Crippen molar-refractivity contribution in [2.45, 2.75) is 33.2 Å². The summed E-state index contributed by atoms with van der Waals surface area (Å²) in [6.07, 6.45) is 4.53. The predicted octanol–water partition coefficient (Wildman–Crippen LogP) is 1.57. The molecule has 4 heteroatoms. The number of amides is 1. The molecule has 0 aromatic rings. The molecule has 0 spiro atoms. The highest BCUT2D eigenvalue weighted by molar-refractivity contribution is 5.87. The molecule has 1 saturated heterocycles. The molecule has 0 radical (unpaired) electrons. The number of carbonyl (C=O) groups is 1. The van der Waals surface area contributed by atoms with Gasteiger partial charge >= 0.3 is 0 Å². The third-order valence-corrected chi connectivity index (χ3v) is 2.26. The number of nitrogens with two attached hydrogens (primary N) is 1. The van der Waals surface area contributed by atoms with Crippen molar-refractivity contribution in [3.63, 3.8) is 0 Å². The smallest absolute Gasteiger partial charge is 0.246 e. The van der Waals surface area contributed by atoms with Gasteiger partial charge in [-0.25, -0.2) is 0 Å². The van der Waals surface area contributed by atoms with Crippen LogP contribution in [0.4, 0.5) is 0 Å². The summed E-state index contributed by atoms with van der Waals surface area (Å²) in [5.41, 5.74) is 5.79. The van der Waals surface area contributed by atoms with E-state index in [1.54, 1.807) is 6.08 Å². The Hall–Kier alpha value is -0.540. The maximum absolute atomic E-state index is 11.6. The Balaban J connectivity index is 0.00000196. The van der Waals surface area contributed by atoms with E-state index in [1.807, 2.05) is 11.0 Å². The molecule has 1 aliphatic rings. The van der Waals surface area contributed by atoms with Gasteiger partial charge in [0.25, 0.3) is 0 Å². The van der Waals surface area contributed by atoms with E-state index in [2.05, 4.69) is 20.8 Å². The van der Waals surface area contributed by atoms with Gasteiger partial charge in [0, 0.05) is 19.1 Å². The SMILES string of the molecule is CC(C)(C)/C=C/C(=O)N1CC[C@@H](N)C1.Cl. The molecule has 0 saturated carbocycles. The standard InChI is InChI=1S/C11H20N2O.ClH/c1-11(2,3)6-4-10(14)13-7-5-9(12)8-13;/h4,6,9H,5,7-8,12H2,1-3H3;1H/b6-4+;/t9-;/m1./s1. The fraction of sp³-hybridized carbons (Fsp3) is 0.727. The number of hydrogen-bond donors (Lipinski definition) is 1. The van der Waals surface area contributed by atoms with Crippen molar-refractivity contribution >= 4 is 18.3 Å². The quantitative estimate of drug-likeness (QED) is 0.698. The van der Waals surface area contributed by atoms with E-state index in [0.717, 1.165) is 13.0 Å². The number of nitrogens with zero attached hydrogens (tertiary/aromatic N) is 1. The molecule has 1 aliphatic heterocycles. The minimum Gasteiger partial charge on any atom is -0.338 e. The summed E-state index contributed by atoms with van der Waals surface area (Å²) in [5, 5.41) is 0. The summed E-state index contributed by atoms with van der Waals surface area (Å²) < 4.78 is 0. The molecule has 88 valence electrons. The Bertz CT molecular complexity index is 245. The van der Waals surface area contributed by atoms with Gasteiger partial charge in [0.2, 0.25) is 5.91 Å². The highest BCUT2D eigenvalue weighted by Crippen LogP contribution is 2.15. The van der Waals surface area contributed by atoms with Crippen LogP contribution in [-0.4, -0.2) is 29.9 Å². The Morgan fingerprint density at radius 1 is 1.47 bits per heavy atom. The van der Waals surface area contributed by atoms with Gasteiger partial charge in [0.05, 0.1) is 0 Å². The van der Waals surface area contributed by atoms with E-state index in [4.69, 9.17) is 5.73 Å². The maximum atomic E-state index is 11.6. The molecule has 0 aliphatic carbocycles. The Morgan fingerprint density at radius 2 is 2.07 bits per heavy atom. The average Bonchev–Trinajstić information content (AvgIpc) is 2.46.